The molecule has 0 aromatic carbocycles. The number of carboxylic acid groups (broad SMARTS) is 1. The molecule has 0 heterocycles. The van der Waals surface area contributed by atoms with Gasteiger partial charge in [0.15, 0.2) is 0 Å². The van der Waals surface area contributed by atoms with Crippen molar-refractivity contribution in [1.29, 1.82) is 0 Å². The van der Waals surface area contributed by atoms with Gasteiger partial charge in [-0.3, -0.25) is 4.79 Å². The van der Waals surface area contributed by atoms with Crippen LogP contribution in [0.2, 0.25) is 0 Å². The van der Waals surface area contributed by atoms with Crippen molar-refractivity contribution >= 4 is 5.97 Å². The maximum absolute atomic E-state index is 11.5. The molecule has 0 radical (unpaired) electrons. The molecule has 11 atom stereocenters. The summed E-state index contributed by atoms with van der Waals surface area (Å²) in [5.41, 5.74) is -0.0741. The van der Waals surface area contributed by atoms with E-state index in [9.17, 15) is 20.1 Å². The van der Waals surface area contributed by atoms with E-state index < -0.39 is 5.97 Å². The van der Waals surface area contributed by atoms with Gasteiger partial charge in [0.05, 0.1) is 18.3 Å². The monoisotopic (exact) mass is 422 g/mol. The lowest BCUT2D eigenvalue weighted by molar-refractivity contribution is -0.205. The van der Waals surface area contributed by atoms with Crippen molar-refractivity contribution in [2.45, 2.75) is 103 Å². The summed E-state index contributed by atoms with van der Waals surface area (Å²) >= 11 is 0. The first kappa shape index (κ1) is 22.5. The number of aliphatic hydroxyl groups excluding tert-OH is 3. The average molecular weight is 423 g/mol. The van der Waals surface area contributed by atoms with E-state index in [-0.39, 0.29) is 41.5 Å². The molecular weight excluding hydrogens is 380 g/mol. The number of hydrogen-bond donors (Lipinski definition) is 4. The fourth-order valence-electron chi connectivity index (χ4n) is 8.65. The number of hydrogen-bond acceptors (Lipinski definition) is 4. The van der Waals surface area contributed by atoms with Crippen LogP contribution in [0.5, 0.6) is 0 Å². The van der Waals surface area contributed by atoms with Crippen molar-refractivity contribution in [3.63, 3.8) is 0 Å². The molecule has 4 N–H and O–H groups in total. The second-order valence-corrected chi connectivity index (χ2v) is 11.9. The zero-order valence-electron chi connectivity index (χ0n) is 19.0. The van der Waals surface area contributed by atoms with Gasteiger partial charge in [-0.25, -0.2) is 0 Å². The van der Waals surface area contributed by atoms with E-state index in [4.69, 9.17) is 5.11 Å². The molecule has 4 fully saturated rings. The molecule has 11 unspecified atom stereocenters. The quantitative estimate of drug-likeness (QED) is 0.540. The Kier molecular flexibility index (Phi) is 6.04. The van der Waals surface area contributed by atoms with Gasteiger partial charge >= 0.3 is 5.97 Å². The first-order chi connectivity index (χ1) is 14.1. The zero-order chi connectivity index (χ0) is 21.8. The molecule has 4 aliphatic carbocycles. The van der Waals surface area contributed by atoms with E-state index in [1.807, 2.05) is 0 Å². The minimum Gasteiger partial charge on any atom is -0.481 e. The molecule has 4 aliphatic rings. The third-order valence-electron chi connectivity index (χ3n) is 10.5. The van der Waals surface area contributed by atoms with E-state index in [1.165, 1.54) is 0 Å². The SMILES string of the molecule is CC(CCC(=O)O)CC1CCC2C3C(O)CC4CC(O)CCC4(C)C3CC(O)C12C. The highest BCUT2D eigenvalue weighted by molar-refractivity contribution is 5.66. The molecule has 0 saturated heterocycles. The molecule has 0 bridgehead atoms. The van der Waals surface area contributed by atoms with Crippen LogP contribution in [0, 0.1) is 46.3 Å². The van der Waals surface area contributed by atoms with Crippen LogP contribution >= 0.6 is 0 Å². The predicted octanol–water partition coefficient (Wildman–Crippen LogP) is 3.84. The fraction of sp³-hybridized carbons (Fsp3) is 0.960. The Bertz CT molecular complexity index is 651. The van der Waals surface area contributed by atoms with Crippen LogP contribution in [0.25, 0.3) is 0 Å². The predicted molar refractivity (Wildman–Crippen MR) is 115 cm³/mol. The number of rotatable bonds is 5. The molecule has 0 spiro atoms. The lowest BCUT2D eigenvalue weighted by Gasteiger charge is -2.63. The lowest BCUT2D eigenvalue weighted by atomic mass is 9.43. The topological polar surface area (TPSA) is 98.0 Å². The van der Waals surface area contributed by atoms with Crippen LogP contribution in [-0.2, 0) is 4.79 Å². The van der Waals surface area contributed by atoms with Crippen molar-refractivity contribution in [2.75, 3.05) is 0 Å². The highest BCUT2D eigenvalue weighted by Crippen LogP contribution is 2.68. The summed E-state index contributed by atoms with van der Waals surface area (Å²) in [5, 5.41) is 42.0. The van der Waals surface area contributed by atoms with Crippen LogP contribution in [0.3, 0.4) is 0 Å². The highest BCUT2D eigenvalue weighted by Gasteiger charge is 2.65. The van der Waals surface area contributed by atoms with Gasteiger partial charge in [-0.05, 0) is 104 Å². The van der Waals surface area contributed by atoms with Gasteiger partial charge in [0.25, 0.3) is 0 Å². The molecule has 5 nitrogen and oxygen atoms in total. The highest BCUT2D eigenvalue weighted by atomic mass is 16.4. The smallest absolute Gasteiger partial charge is 0.303 e. The van der Waals surface area contributed by atoms with Gasteiger partial charge in [-0.2, -0.15) is 0 Å². The largest absolute Gasteiger partial charge is 0.481 e. The van der Waals surface area contributed by atoms with Crippen LogP contribution in [0.1, 0.15) is 85.0 Å². The first-order valence-electron chi connectivity index (χ1n) is 12.3. The molecule has 30 heavy (non-hydrogen) atoms. The minimum atomic E-state index is -0.733. The van der Waals surface area contributed by atoms with Crippen molar-refractivity contribution < 1.29 is 25.2 Å². The van der Waals surface area contributed by atoms with Gasteiger partial charge in [0, 0.05) is 6.42 Å². The molecule has 5 heteroatoms. The molecule has 4 saturated carbocycles. The van der Waals surface area contributed by atoms with Crippen LogP contribution in [0.15, 0.2) is 0 Å². The third kappa shape index (κ3) is 3.53. The summed E-state index contributed by atoms with van der Waals surface area (Å²) < 4.78 is 0. The number of aliphatic hydroxyl groups is 3. The van der Waals surface area contributed by atoms with E-state index in [0.717, 1.165) is 51.4 Å². The first-order valence-corrected chi connectivity index (χ1v) is 12.3. The van der Waals surface area contributed by atoms with Gasteiger partial charge in [0.1, 0.15) is 0 Å². The number of aliphatic carboxylic acids is 1. The van der Waals surface area contributed by atoms with Crippen molar-refractivity contribution in [3.05, 3.63) is 0 Å². The minimum absolute atomic E-state index is 0.109. The standard InChI is InChI=1S/C25H42O5/c1-14(4-7-22(29)30)10-15-5-6-18-23-19(13-21(28)25(15,18)3)24(2)9-8-17(26)11-16(24)12-20(23)27/h14-21,23,26-28H,4-13H2,1-3H3,(H,29,30). The summed E-state index contributed by atoms with van der Waals surface area (Å²) in [4.78, 5) is 11.0. The lowest BCUT2D eigenvalue weighted by Crippen LogP contribution is -2.62. The molecule has 172 valence electrons. The summed E-state index contributed by atoms with van der Waals surface area (Å²) in [5.74, 6) is 1.26. The normalized spacial score (nSPS) is 51.5. The summed E-state index contributed by atoms with van der Waals surface area (Å²) in [6.07, 6.45) is 7.25. The molecule has 0 aliphatic heterocycles. The number of carboxylic acids is 1. The van der Waals surface area contributed by atoms with Crippen LogP contribution < -0.4 is 0 Å². The Morgan fingerprint density at radius 3 is 2.47 bits per heavy atom. The van der Waals surface area contributed by atoms with Crippen molar-refractivity contribution in [2.24, 2.45) is 46.3 Å². The van der Waals surface area contributed by atoms with E-state index in [0.29, 0.717) is 36.0 Å². The van der Waals surface area contributed by atoms with Crippen LogP contribution in [-0.4, -0.2) is 44.7 Å². The summed E-state index contributed by atoms with van der Waals surface area (Å²) in [6, 6.07) is 0. The van der Waals surface area contributed by atoms with E-state index >= 15 is 0 Å². The van der Waals surface area contributed by atoms with Crippen molar-refractivity contribution in [3.8, 4) is 0 Å². The zero-order valence-corrected chi connectivity index (χ0v) is 19.0. The summed E-state index contributed by atoms with van der Waals surface area (Å²) in [6.45, 7) is 6.76. The second-order valence-electron chi connectivity index (χ2n) is 11.9. The molecule has 4 rings (SSSR count). The summed E-state index contributed by atoms with van der Waals surface area (Å²) in [7, 11) is 0. The van der Waals surface area contributed by atoms with E-state index in [2.05, 4.69) is 20.8 Å². The number of carbonyl (C=O) groups is 1. The second kappa shape index (κ2) is 8.04. The van der Waals surface area contributed by atoms with Crippen molar-refractivity contribution in [1.82, 2.24) is 0 Å². The Hall–Kier alpha value is -0.650. The molecule has 0 aromatic rings. The third-order valence-corrected chi connectivity index (χ3v) is 10.5. The van der Waals surface area contributed by atoms with Gasteiger partial charge in [0.2, 0.25) is 0 Å². The Balaban J connectivity index is 1.55. The molecule has 0 amide bonds. The number of fused-ring (bicyclic) bond motifs is 5. The fourth-order valence-corrected chi connectivity index (χ4v) is 8.65. The Labute approximate surface area is 181 Å². The molecule has 0 aromatic heterocycles. The average Bonchev–Trinajstić information content (AvgIpc) is 3.00. The van der Waals surface area contributed by atoms with E-state index in [1.54, 1.807) is 0 Å². The molecular formula is C25H42O5. The maximum atomic E-state index is 11.5. The van der Waals surface area contributed by atoms with Crippen LogP contribution in [0.4, 0.5) is 0 Å². The Morgan fingerprint density at radius 2 is 1.77 bits per heavy atom. The van der Waals surface area contributed by atoms with Gasteiger partial charge in [-0.1, -0.05) is 20.8 Å². The van der Waals surface area contributed by atoms with Gasteiger partial charge < -0.3 is 20.4 Å². The maximum Gasteiger partial charge on any atom is 0.303 e. The van der Waals surface area contributed by atoms with Gasteiger partial charge in [-0.15, -0.1) is 0 Å². The Morgan fingerprint density at radius 1 is 1.03 bits per heavy atom.